The molecule has 0 unspecified atom stereocenters. The van der Waals surface area contributed by atoms with Crippen LogP contribution < -0.4 is 4.74 Å². The van der Waals surface area contributed by atoms with Crippen molar-refractivity contribution in [3.63, 3.8) is 0 Å². The largest absolute Gasteiger partial charge is 0.493 e. The van der Waals surface area contributed by atoms with Crippen molar-refractivity contribution < 1.29 is 9.13 Å². The zero-order chi connectivity index (χ0) is 21.4. The van der Waals surface area contributed by atoms with Crippen molar-refractivity contribution >= 4 is 0 Å². The number of hydrogen-bond acceptors (Lipinski definition) is 2. The van der Waals surface area contributed by atoms with Crippen LogP contribution in [0.5, 0.6) is 5.75 Å². The molecule has 2 rings (SSSR count). The monoisotopic (exact) mass is 413 g/mol. The normalized spacial score (nSPS) is 11.0. The molecule has 166 valence electrons. The first kappa shape index (κ1) is 24.4. The average Bonchev–Trinajstić information content (AvgIpc) is 2.76. The molecule has 0 atom stereocenters. The van der Waals surface area contributed by atoms with Crippen LogP contribution in [0.3, 0.4) is 0 Å². The van der Waals surface area contributed by atoms with Crippen molar-refractivity contribution in [2.45, 2.75) is 97.3 Å². The molecule has 0 spiro atoms. The summed E-state index contributed by atoms with van der Waals surface area (Å²) in [6, 6.07) is 9.12. The lowest BCUT2D eigenvalue weighted by molar-refractivity contribution is 0.303. The summed E-state index contributed by atoms with van der Waals surface area (Å²) < 4.78 is 20.3. The van der Waals surface area contributed by atoms with Gasteiger partial charge in [0, 0.05) is 17.8 Å². The Labute approximate surface area is 183 Å². The Morgan fingerprint density at radius 1 is 0.767 bits per heavy atom. The lowest BCUT2D eigenvalue weighted by Crippen LogP contribution is -1.98. The van der Waals surface area contributed by atoms with Crippen molar-refractivity contribution in [2.24, 2.45) is 0 Å². The van der Waals surface area contributed by atoms with E-state index in [1.807, 2.05) is 18.3 Å². The molecule has 30 heavy (non-hydrogen) atoms. The zero-order valence-corrected chi connectivity index (χ0v) is 19.1. The molecule has 1 aromatic carbocycles. The van der Waals surface area contributed by atoms with Crippen molar-refractivity contribution in [3.05, 3.63) is 47.9 Å². The molecule has 0 N–H and O–H groups in total. The number of aryl methyl sites for hydroxylation is 1. The van der Waals surface area contributed by atoms with Gasteiger partial charge >= 0.3 is 0 Å². The van der Waals surface area contributed by atoms with E-state index in [0.717, 1.165) is 12.8 Å². The van der Waals surface area contributed by atoms with Gasteiger partial charge in [0.1, 0.15) is 11.6 Å². The van der Waals surface area contributed by atoms with Gasteiger partial charge in [0.25, 0.3) is 0 Å². The van der Waals surface area contributed by atoms with Gasteiger partial charge < -0.3 is 4.74 Å². The molecule has 0 saturated carbocycles. The maximum absolute atomic E-state index is 14.6. The van der Waals surface area contributed by atoms with Crippen LogP contribution in [0.1, 0.15) is 96.5 Å². The van der Waals surface area contributed by atoms with Crippen molar-refractivity contribution in [1.82, 2.24) is 4.98 Å². The fourth-order valence-corrected chi connectivity index (χ4v) is 3.71. The van der Waals surface area contributed by atoms with Gasteiger partial charge in [-0.15, -0.1) is 0 Å². The van der Waals surface area contributed by atoms with E-state index in [2.05, 4.69) is 24.9 Å². The van der Waals surface area contributed by atoms with Crippen LogP contribution in [0.15, 0.2) is 36.5 Å². The van der Waals surface area contributed by atoms with Crippen LogP contribution in [0.4, 0.5) is 4.39 Å². The molecule has 2 nitrogen and oxygen atoms in total. The molecule has 0 aliphatic carbocycles. The topological polar surface area (TPSA) is 22.1 Å². The lowest BCUT2D eigenvalue weighted by atomic mass is 10.0. The Kier molecular flexibility index (Phi) is 12.2. The maximum Gasteiger partial charge on any atom is 0.136 e. The lowest BCUT2D eigenvalue weighted by Gasteiger charge is -2.09. The molecule has 0 aliphatic heterocycles. The highest BCUT2D eigenvalue weighted by molar-refractivity contribution is 5.61. The number of halogens is 1. The van der Waals surface area contributed by atoms with Gasteiger partial charge in [0.2, 0.25) is 0 Å². The van der Waals surface area contributed by atoms with Crippen molar-refractivity contribution in [2.75, 3.05) is 6.61 Å². The van der Waals surface area contributed by atoms with Crippen molar-refractivity contribution in [1.29, 1.82) is 0 Å². The van der Waals surface area contributed by atoms with Gasteiger partial charge in [-0.25, -0.2) is 4.39 Å². The summed E-state index contributed by atoms with van der Waals surface area (Å²) in [6.07, 6.45) is 18.0. The van der Waals surface area contributed by atoms with Gasteiger partial charge in [0.15, 0.2) is 0 Å². The van der Waals surface area contributed by atoms with Crippen LogP contribution in [0.25, 0.3) is 11.3 Å². The minimum absolute atomic E-state index is 0.272. The highest BCUT2D eigenvalue weighted by atomic mass is 19.1. The molecule has 2 aromatic rings. The maximum atomic E-state index is 14.6. The third-order valence-electron chi connectivity index (χ3n) is 5.63. The second-order valence-electron chi connectivity index (χ2n) is 8.33. The summed E-state index contributed by atoms with van der Waals surface area (Å²) in [5, 5.41) is 0. The van der Waals surface area contributed by atoms with Crippen LogP contribution >= 0.6 is 0 Å². The Morgan fingerprint density at radius 2 is 1.43 bits per heavy atom. The average molecular weight is 414 g/mol. The molecule has 0 fully saturated rings. The van der Waals surface area contributed by atoms with Crippen molar-refractivity contribution in [3.8, 4) is 17.0 Å². The Bertz CT molecular complexity index is 699. The predicted molar refractivity (Wildman–Crippen MR) is 126 cm³/mol. The van der Waals surface area contributed by atoms with Gasteiger partial charge in [-0.05, 0) is 43.0 Å². The second-order valence-corrected chi connectivity index (χ2v) is 8.33. The SMILES string of the molecule is CCCCCCCCOc1ccc(-c2ccc(CCCCCCCC)cn2)c(F)c1. The van der Waals surface area contributed by atoms with E-state index in [1.54, 1.807) is 6.07 Å². The highest BCUT2D eigenvalue weighted by Gasteiger charge is 2.08. The quantitative estimate of drug-likeness (QED) is 0.257. The van der Waals surface area contributed by atoms with E-state index in [0.29, 0.717) is 23.6 Å². The summed E-state index contributed by atoms with van der Waals surface area (Å²) in [5.41, 5.74) is 2.45. The fourth-order valence-electron chi connectivity index (χ4n) is 3.71. The summed E-state index contributed by atoms with van der Waals surface area (Å²) in [7, 11) is 0. The smallest absolute Gasteiger partial charge is 0.136 e. The summed E-state index contributed by atoms with van der Waals surface area (Å²) in [4.78, 5) is 4.50. The molecule has 0 radical (unpaired) electrons. The third-order valence-corrected chi connectivity index (χ3v) is 5.63. The van der Waals surface area contributed by atoms with Crippen LogP contribution in [0, 0.1) is 5.82 Å². The number of aromatic nitrogens is 1. The Hall–Kier alpha value is -1.90. The Morgan fingerprint density at radius 3 is 2.07 bits per heavy atom. The van der Waals surface area contributed by atoms with E-state index in [4.69, 9.17) is 4.74 Å². The first-order valence-corrected chi connectivity index (χ1v) is 12.1. The zero-order valence-electron chi connectivity index (χ0n) is 19.1. The minimum atomic E-state index is -0.272. The first-order valence-electron chi connectivity index (χ1n) is 12.1. The molecule has 1 heterocycles. The third kappa shape index (κ3) is 9.28. The number of pyridine rings is 1. The molecule has 0 aliphatic rings. The molecule has 3 heteroatoms. The number of nitrogens with zero attached hydrogens (tertiary/aromatic N) is 1. The number of ether oxygens (including phenoxy) is 1. The Balaban J connectivity index is 1.76. The summed E-state index contributed by atoms with van der Waals surface area (Å²) in [6.45, 7) is 5.12. The predicted octanol–water partition coefficient (Wildman–Crippen LogP) is 8.53. The van der Waals surface area contributed by atoms with Gasteiger partial charge in [0.05, 0.1) is 12.3 Å². The molecular weight excluding hydrogens is 373 g/mol. The van der Waals surface area contributed by atoms with E-state index in [1.165, 1.54) is 82.3 Å². The molecule has 0 bridgehead atoms. The molecule has 0 saturated heterocycles. The van der Waals surface area contributed by atoms with E-state index in [9.17, 15) is 4.39 Å². The van der Waals surface area contributed by atoms with Gasteiger partial charge in [-0.2, -0.15) is 0 Å². The number of rotatable bonds is 16. The molecular formula is C27H40FNO. The van der Waals surface area contributed by atoms with E-state index in [-0.39, 0.29) is 5.82 Å². The van der Waals surface area contributed by atoms with Crippen LogP contribution in [0.2, 0.25) is 0 Å². The summed E-state index contributed by atoms with van der Waals surface area (Å²) in [5.74, 6) is 0.330. The van der Waals surface area contributed by atoms with E-state index < -0.39 is 0 Å². The summed E-state index contributed by atoms with van der Waals surface area (Å²) >= 11 is 0. The number of benzene rings is 1. The number of hydrogen-bond donors (Lipinski definition) is 0. The highest BCUT2D eigenvalue weighted by Crippen LogP contribution is 2.25. The van der Waals surface area contributed by atoms with Crippen LogP contribution in [-0.2, 0) is 6.42 Å². The van der Waals surface area contributed by atoms with Gasteiger partial charge in [-0.1, -0.05) is 84.1 Å². The molecule has 0 amide bonds. The minimum Gasteiger partial charge on any atom is -0.493 e. The fraction of sp³-hybridized carbons (Fsp3) is 0.593. The first-order chi connectivity index (χ1) is 14.7. The second kappa shape index (κ2) is 15.0. The van der Waals surface area contributed by atoms with E-state index >= 15 is 0 Å². The standard InChI is InChI=1S/C27H40FNO/c1-3-5-7-9-11-13-15-23-16-19-27(29-22-23)25-18-17-24(21-26(25)28)30-20-14-12-10-8-6-4-2/h16-19,21-22H,3-15,20H2,1-2H3. The number of unbranched alkanes of at least 4 members (excludes halogenated alkanes) is 10. The molecule has 1 aromatic heterocycles. The van der Waals surface area contributed by atoms with Crippen LogP contribution in [-0.4, -0.2) is 11.6 Å². The van der Waals surface area contributed by atoms with Gasteiger partial charge in [-0.3, -0.25) is 4.98 Å².